The molecule has 1 amide bonds. The van der Waals surface area contributed by atoms with E-state index in [2.05, 4.69) is 11.9 Å². The standard InChI is InChI=1S/C7H7N2O.CH4.Y/c1-5-4-6(7(8)10)2-3-9-5;;/h2-4H,1H2,(H2,8,10);1H4;/q-1;;. The predicted molar refractivity (Wildman–Crippen MR) is 43.9 cm³/mol. The number of primary amides is 1. The molecule has 0 aliphatic rings. The van der Waals surface area contributed by atoms with Gasteiger partial charge in [0.15, 0.2) is 0 Å². The van der Waals surface area contributed by atoms with E-state index in [-0.39, 0.29) is 40.1 Å². The summed E-state index contributed by atoms with van der Waals surface area (Å²) in [5.41, 5.74) is 5.98. The molecule has 0 aliphatic carbocycles. The number of carbonyl (C=O) groups is 1. The molecule has 1 aromatic rings. The van der Waals surface area contributed by atoms with Crippen molar-refractivity contribution in [2.45, 2.75) is 7.43 Å². The van der Waals surface area contributed by atoms with E-state index in [0.29, 0.717) is 11.3 Å². The van der Waals surface area contributed by atoms with Crippen molar-refractivity contribution < 1.29 is 37.5 Å². The molecule has 1 heterocycles. The summed E-state index contributed by atoms with van der Waals surface area (Å²) in [5.74, 6) is -0.452. The van der Waals surface area contributed by atoms with Gasteiger partial charge in [0.1, 0.15) is 0 Å². The van der Waals surface area contributed by atoms with Crippen LogP contribution in [0.5, 0.6) is 0 Å². The molecule has 1 radical (unpaired) electrons. The average molecular weight is 240 g/mol. The van der Waals surface area contributed by atoms with Crippen LogP contribution in [-0.4, -0.2) is 10.9 Å². The molecule has 0 fully saturated rings. The Balaban J connectivity index is 0. The average Bonchev–Trinajstić information content (AvgIpc) is 1.88. The van der Waals surface area contributed by atoms with Gasteiger partial charge in [-0.15, -0.1) is 5.69 Å². The van der Waals surface area contributed by atoms with Gasteiger partial charge >= 0.3 is 0 Å². The Morgan fingerprint density at radius 1 is 1.58 bits per heavy atom. The second-order valence-corrected chi connectivity index (χ2v) is 1.90. The fourth-order valence-corrected chi connectivity index (χ4v) is 0.631. The molecule has 0 bridgehead atoms. The molecule has 63 valence electrons. The van der Waals surface area contributed by atoms with Gasteiger partial charge in [-0.3, -0.25) is 9.78 Å². The smallest absolute Gasteiger partial charge is 0.230 e. The number of nitrogens with two attached hydrogens (primary N) is 1. The number of carbonyl (C=O) groups excluding carboxylic acids is 1. The Hall–Kier alpha value is -0.406. The molecule has 1 aromatic heterocycles. The summed E-state index contributed by atoms with van der Waals surface area (Å²) in [5, 5.41) is 0. The third-order valence-electron chi connectivity index (χ3n) is 1.10. The van der Waals surface area contributed by atoms with Crippen molar-refractivity contribution in [2.24, 2.45) is 5.73 Å². The third kappa shape index (κ3) is 3.83. The Labute approximate surface area is 97.6 Å². The maximum atomic E-state index is 10.5. The van der Waals surface area contributed by atoms with Gasteiger partial charge < -0.3 is 5.73 Å². The third-order valence-corrected chi connectivity index (χ3v) is 1.10. The zero-order valence-electron chi connectivity index (χ0n) is 5.95. The fourth-order valence-electron chi connectivity index (χ4n) is 0.631. The van der Waals surface area contributed by atoms with Crippen LogP contribution >= 0.6 is 0 Å². The molecular formula is C8H11N2OY-. The molecule has 1 rings (SSSR count). The fraction of sp³-hybridized carbons (Fsp3) is 0.125. The molecule has 0 unspecified atom stereocenters. The first-order chi connectivity index (χ1) is 4.70. The van der Waals surface area contributed by atoms with E-state index in [9.17, 15) is 4.79 Å². The maximum Gasteiger partial charge on any atom is 0.230 e. The van der Waals surface area contributed by atoms with Gasteiger partial charge in [-0.25, -0.2) is 6.92 Å². The topological polar surface area (TPSA) is 56.0 Å². The van der Waals surface area contributed by atoms with Crippen molar-refractivity contribution in [1.29, 1.82) is 0 Å². The molecule has 2 N–H and O–H groups in total. The summed E-state index contributed by atoms with van der Waals surface area (Å²) in [6, 6.07) is 3.10. The minimum absolute atomic E-state index is 0. The van der Waals surface area contributed by atoms with Crippen LogP contribution in [0.2, 0.25) is 0 Å². The van der Waals surface area contributed by atoms with Gasteiger partial charge in [0.2, 0.25) is 5.91 Å². The first-order valence-corrected chi connectivity index (χ1v) is 2.78. The van der Waals surface area contributed by atoms with Crippen molar-refractivity contribution in [3.8, 4) is 0 Å². The molecule has 0 spiro atoms. The molecule has 12 heavy (non-hydrogen) atoms. The first-order valence-electron chi connectivity index (χ1n) is 2.78. The number of amides is 1. The van der Waals surface area contributed by atoms with Crippen LogP contribution in [0.15, 0.2) is 18.3 Å². The summed E-state index contributed by atoms with van der Waals surface area (Å²) < 4.78 is 0. The predicted octanol–water partition coefficient (Wildman–Crippen LogP) is 0.996. The normalized spacial score (nSPS) is 7.67. The van der Waals surface area contributed by atoms with Crippen LogP contribution in [0.1, 0.15) is 23.5 Å². The van der Waals surface area contributed by atoms with Crippen molar-refractivity contribution in [1.82, 2.24) is 4.98 Å². The van der Waals surface area contributed by atoms with Crippen LogP contribution in [0.25, 0.3) is 0 Å². The Morgan fingerprint density at radius 3 is 2.50 bits per heavy atom. The zero-order valence-corrected chi connectivity index (χ0v) is 8.79. The van der Waals surface area contributed by atoms with Gasteiger partial charge in [0, 0.05) is 38.9 Å². The minimum Gasteiger partial charge on any atom is -0.367 e. The van der Waals surface area contributed by atoms with Gasteiger partial charge in [0.25, 0.3) is 0 Å². The van der Waals surface area contributed by atoms with Crippen LogP contribution in [0.3, 0.4) is 0 Å². The van der Waals surface area contributed by atoms with Crippen LogP contribution < -0.4 is 5.73 Å². The van der Waals surface area contributed by atoms with E-state index < -0.39 is 5.91 Å². The molecule has 0 saturated heterocycles. The van der Waals surface area contributed by atoms with E-state index in [1.54, 1.807) is 12.1 Å². The van der Waals surface area contributed by atoms with Crippen LogP contribution in [0.4, 0.5) is 0 Å². The van der Waals surface area contributed by atoms with Gasteiger partial charge in [-0.05, 0) is 11.6 Å². The van der Waals surface area contributed by atoms with Gasteiger partial charge in [-0.1, -0.05) is 7.43 Å². The maximum absolute atomic E-state index is 10.5. The minimum atomic E-state index is -0.452. The molecule has 0 aliphatic heterocycles. The van der Waals surface area contributed by atoms with Crippen LogP contribution in [-0.2, 0) is 32.7 Å². The van der Waals surface area contributed by atoms with Gasteiger partial charge in [0.05, 0.1) is 0 Å². The second kappa shape index (κ2) is 6.15. The number of nitrogens with zero attached hydrogens (tertiary/aromatic N) is 1. The first kappa shape index (κ1) is 14.1. The van der Waals surface area contributed by atoms with E-state index in [0.717, 1.165) is 0 Å². The quantitative estimate of drug-likeness (QED) is 0.744. The molecule has 3 nitrogen and oxygen atoms in total. The summed E-state index contributed by atoms with van der Waals surface area (Å²) in [4.78, 5) is 14.3. The van der Waals surface area contributed by atoms with Gasteiger partial charge in [-0.2, -0.15) is 6.07 Å². The van der Waals surface area contributed by atoms with Crippen LogP contribution in [0, 0.1) is 6.92 Å². The van der Waals surface area contributed by atoms with E-state index in [1.807, 2.05) is 0 Å². The van der Waals surface area contributed by atoms with Crippen molar-refractivity contribution in [2.75, 3.05) is 0 Å². The number of rotatable bonds is 1. The monoisotopic (exact) mass is 240 g/mol. The number of pyridine rings is 1. The molecule has 0 aromatic carbocycles. The molecule has 4 heteroatoms. The molecule has 0 atom stereocenters. The van der Waals surface area contributed by atoms with E-state index in [4.69, 9.17) is 5.73 Å². The zero-order chi connectivity index (χ0) is 7.56. The van der Waals surface area contributed by atoms with E-state index in [1.165, 1.54) is 6.20 Å². The SMILES string of the molecule is C.[CH2-]c1cc(C(N)=O)ccn1.[Y]. The Bertz CT molecular complexity index is 263. The largest absolute Gasteiger partial charge is 0.367 e. The van der Waals surface area contributed by atoms with Crippen molar-refractivity contribution in [3.05, 3.63) is 36.5 Å². The number of hydrogen-bond acceptors (Lipinski definition) is 2. The summed E-state index contributed by atoms with van der Waals surface area (Å²) in [6.45, 7) is 3.54. The van der Waals surface area contributed by atoms with E-state index >= 15 is 0 Å². The second-order valence-electron chi connectivity index (χ2n) is 1.90. The van der Waals surface area contributed by atoms with Crippen molar-refractivity contribution >= 4 is 5.91 Å². The summed E-state index contributed by atoms with van der Waals surface area (Å²) in [7, 11) is 0. The Morgan fingerprint density at radius 2 is 2.17 bits per heavy atom. The number of aromatic nitrogens is 1. The Kier molecular flexibility index (Phi) is 7.24. The molecule has 0 saturated carbocycles. The summed E-state index contributed by atoms with van der Waals surface area (Å²) in [6.07, 6.45) is 1.50. The number of hydrogen-bond donors (Lipinski definition) is 1. The molecular weight excluding hydrogens is 229 g/mol. The van der Waals surface area contributed by atoms with Crippen molar-refractivity contribution in [3.63, 3.8) is 0 Å². The summed E-state index contributed by atoms with van der Waals surface area (Å²) >= 11 is 0.